The number of benzene rings is 2. The van der Waals surface area contributed by atoms with Crippen LogP contribution in [0.5, 0.6) is 0 Å². The minimum absolute atomic E-state index is 0.0454. The molecule has 3 aromatic rings. The normalized spacial score (nSPS) is 18.2. The van der Waals surface area contributed by atoms with Crippen LogP contribution in [0.2, 0.25) is 17.3 Å². The van der Waals surface area contributed by atoms with Crippen molar-refractivity contribution in [3.63, 3.8) is 0 Å². The summed E-state index contributed by atoms with van der Waals surface area (Å²) in [4.78, 5) is 4.30. The van der Waals surface area contributed by atoms with E-state index >= 15 is 0 Å². The van der Waals surface area contributed by atoms with Crippen LogP contribution < -0.4 is 4.40 Å². The fraction of sp³-hybridized carbons (Fsp3) is 0.261. The van der Waals surface area contributed by atoms with Gasteiger partial charge in [-0.2, -0.15) is 0 Å². The maximum absolute atomic E-state index is 14.5. The van der Waals surface area contributed by atoms with Crippen molar-refractivity contribution in [1.82, 2.24) is 4.98 Å². The van der Waals surface area contributed by atoms with Crippen molar-refractivity contribution in [3.05, 3.63) is 71.2 Å². The summed E-state index contributed by atoms with van der Waals surface area (Å²) in [6, 6.07) is 9.85. The second kappa shape index (κ2) is 6.99. The third-order valence-corrected chi connectivity index (χ3v) is 8.50. The molecule has 1 heterocycles. The first-order valence-corrected chi connectivity index (χ1v) is 15.6. The third kappa shape index (κ3) is 3.61. The summed E-state index contributed by atoms with van der Waals surface area (Å²) in [5.74, 6) is 5.79. The second-order valence-electron chi connectivity index (χ2n) is 7.29. The molecule has 0 amide bonds. The van der Waals surface area contributed by atoms with Crippen LogP contribution >= 0.6 is 0 Å². The second-order valence-corrected chi connectivity index (χ2v) is 17.9. The Morgan fingerprint density at radius 3 is 2.23 bits per heavy atom. The Labute approximate surface area is 171 Å². The van der Waals surface area contributed by atoms with Gasteiger partial charge in [0.05, 0.1) is 0 Å². The van der Waals surface area contributed by atoms with Crippen LogP contribution in [0.25, 0.3) is 22.4 Å². The van der Waals surface area contributed by atoms with E-state index in [0.29, 0.717) is 9.96 Å². The molecule has 0 unspecified atom stereocenters. The molecule has 0 aliphatic carbocycles. The van der Waals surface area contributed by atoms with Gasteiger partial charge in [0, 0.05) is 0 Å². The summed E-state index contributed by atoms with van der Waals surface area (Å²) in [6.07, 6.45) is 1.12. The molecule has 2 aromatic carbocycles. The quantitative estimate of drug-likeness (QED) is 0.475. The molecule has 0 atom stereocenters. The zero-order valence-corrected chi connectivity index (χ0v) is 17.0. The molecule has 0 bridgehead atoms. The summed E-state index contributed by atoms with van der Waals surface area (Å²) in [6.45, 7) is -8.09. The zero-order valence-electron chi connectivity index (χ0n) is 23.9. The molecule has 1 aromatic heterocycles. The molecular formula is C23H26FGeN. The summed E-state index contributed by atoms with van der Waals surface area (Å²) in [5.41, 5.74) is -0.190. The van der Waals surface area contributed by atoms with Crippen LogP contribution in [0.1, 0.15) is 29.0 Å². The van der Waals surface area contributed by atoms with E-state index in [1.807, 2.05) is 17.3 Å². The van der Waals surface area contributed by atoms with Gasteiger partial charge in [-0.1, -0.05) is 0 Å². The van der Waals surface area contributed by atoms with Gasteiger partial charge in [-0.15, -0.1) is 0 Å². The zero-order chi connectivity index (χ0) is 26.6. The fourth-order valence-electron chi connectivity index (χ4n) is 2.92. The molecule has 134 valence electrons. The van der Waals surface area contributed by atoms with E-state index in [2.05, 4.69) is 4.98 Å². The van der Waals surface area contributed by atoms with Crippen LogP contribution in [0.15, 0.2) is 48.7 Å². The van der Waals surface area contributed by atoms with Crippen molar-refractivity contribution < 1.29 is 16.7 Å². The van der Waals surface area contributed by atoms with Gasteiger partial charge >= 0.3 is 171 Å². The van der Waals surface area contributed by atoms with Crippen molar-refractivity contribution in [3.8, 4) is 22.4 Å². The van der Waals surface area contributed by atoms with E-state index in [1.54, 1.807) is 6.07 Å². The first-order chi connectivity index (χ1) is 15.8. The molecule has 0 saturated heterocycles. The van der Waals surface area contributed by atoms with Gasteiger partial charge in [0.25, 0.3) is 0 Å². The molecule has 0 radical (unpaired) electrons. The van der Waals surface area contributed by atoms with Crippen LogP contribution in [-0.2, 0) is 0 Å². The van der Waals surface area contributed by atoms with Gasteiger partial charge in [-0.3, -0.25) is 0 Å². The first-order valence-electron chi connectivity index (χ1n) is 12.8. The third-order valence-electron chi connectivity index (χ3n) is 4.31. The standard InChI is InChI=1S/C23H26FGeN/c1-15-8-7-9-16(2)23(15)19-13-22(26-14-17(19)3)18-10-11-20(24)21(12-18)25(4,5)6/h7-14H,1-6H3/i1D3,2D3,3D3. The van der Waals surface area contributed by atoms with Crippen LogP contribution in [-0.4, -0.2) is 18.3 Å². The molecule has 26 heavy (non-hydrogen) atoms. The SMILES string of the molecule is [2H]C([2H])([2H])c1cnc(-c2ccc(F)[c]([Ge]([CH3])([CH3])[CH3])c2)cc1-c1c(C([2H])([2H])[2H])cccc1C([2H])([2H])[2H]. The number of rotatable bonds is 3. The summed E-state index contributed by atoms with van der Waals surface area (Å²) in [5, 5.41) is 0. The number of nitrogens with zero attached hydrogens (tertiary/aromatic N) is 1. The van der Waals surface area contributed by atoms with E-state index < -0.39 is 33.8 Å². The van der Waals surface area contributed by atoms with Gasteiger partial charge in [-0.25, -0.2) is 0 Å². The Balaban J connectivity index is 2.43. The summed E-state index contributed by atoms with van der Waals surface area (Å²) < 4.78 is 87.1. The molecule has 0 aliphatic rings. The number of hydrogen-bond donors (Lipinski definition) is 0. The molecule has 3 heteroatoms. The predicted molar refractivity (Wildman–Crippen MR) is 112 cm³/mol. The van der Waals surface area contributed by atoms with Crippen molar-refractivity contribution in [1.29, 1.82) is 0 Å². The van der Waals surface area contributed by atoms with Crippen molar-refractivity contribution in [2.45, 2.75) is 37.8 Å². The van der Waals surface area contributed by atoms with Gasteiger partial charge in [-0.05, 0) is 0 Å². The number of halogens is 1. The summed E-state index contributed by atoms with van der Waals surface area (Å²) >= 11 is -2.61. The molecule has 0 N–H and O–H groups in total. The molecule has 0 fully saturated rings. The molecule has 0 aliphatic heterocycles. The Hall–Kier alpha value is -1.94. The van der Waals surface area contributed by atoms with Crippen LogP contribution in [0, 0.1) is 26.4 Å². The Kier molecular flexibility index (Phi) is 2.80. The average molecular weight is 417 g/mol. The molecule has 0 spiro atoms. The minimum atomic E-state index is -2.70. The fourth-order valence-corrected chi connectivity index (χ4v) is 5.83. The topological polar surface area (TPSA) is 12.9 Å². The number of pyridine rings is 1. The van der Waals surface area contributed by atoms with Crippen LogP contribution in [0.4, 0.5) is 4.39 Å². The number of hydrogen-bond acceptors (Lipinski definition) is 1. The average Bonchev–Trinajstić information content (AvgIpc) is 2.70. The van der Waals surface area contributed by atoms with Crippen molar-refractivity contribution in [2.75, 3.05) is 0 Å². The monoisotopic (exact) mass is 418 g/mol. The van der Waals surface area contributed by atoms with Crippen molar-refractivity contribution >= 4 is 17.7 Å². The van der Waals surface area contributed by atoms with Crippen LogP contribution in [0.3, 0.4) is 0 Å². The van der Waals surface area contributed by atoms with Gasteiger partial charge in [0.1, 0.15) is 0 Å². The molecule has 0 saturated carbocycles. The van der Waals surface area contributed by atoms with Crippen molar-refractivity contribution in [2.24, 2.45) is 0 Å². The Bertz CT molecular complexity index is 1220. The van der Waals surface area contributed by atoms with E-state index in [1.165, 1.54) is 36.4 Å². The van der Waals surface area contributed by atoms with E-state index in [0.717, 1.165) is 6.20 Å². The number of aryl methyl sites for hydroxylation is 3. The summed E-state index contributed by atoms with van der Waals surface area (Å²) in [7, 11) is 0. The van der Waals surface area contributed by atoms with Gasteiger partial charge < -0.3 is 0 Å². The first kappa shape index (κ1) is 10.4. The molecule has 3 rings (SSSR count). The molecular weight excluding hydrogens is 382 g/mol. The predicted octanol–water partition coefficient (Wildman–Crippen LogP) is 6.03. The van der Waals surface area contributed by atoms with E-state index in [9.17, 15) is 4.39 Å². The molecule has 1 nitrogen and oxygen atoms in total. The van der Waals surface area contributed by atoms with Gasteiger partial charge in [0.15, 0.2) is 0 Å². The number of aromatic nitrogens is 1. The Morgan fingerprint density at radius 1 is 0.923 bits per heavy atom. The Morgan fingerprint density at radius 2 is 1.62 bits per heavy atom. The van der Waals surface area contributed by atoms with E-state index in [4.69, 9.17) is 12.3 Å². The van der Waals surface area contributed by atoms with Gasteiger partial charge in [0.2, 0.25) is 0 Å². The maximum atomic E-state index is 14.5. The van der Waals surface area contributed by atoms with E-state index in [-0.39, 0.29) is 39.3 Å².